The summed E-state index contributed by atoms with van der Waals surface area (Å²) in [7, 11) is 0. The second kappa shape index (κ2) is 3.06. The summed E-state index contributed by atoms with van der Waals surface area (Å²) in [6.45, 7) is 0.632. The van der Waals surface area contributed by atoms with Crippen LogP contribution in [0.4, 0.5) is 5.69 Å². The zero-order valence-corrected chi connectivity index (χ0v) is 7.03. The first-order valence-electron chi connectivity index (χ1n) is 4.13. The summed E-state index contributed by atoms with van der Waals surface area (Å²) >= 11 is 0. The smallest absolute Gasteiger partial charge is 0.242 e. The molecule has 1 aromatic carbocycles. The Hall–Kier alpha value is -1.55. The van der Waals surface area contributed by atoms with Crippen molar-refractivity contribution in [2.75, 3.05) is 11.6 Å². The van der Waals surface area contributed by atoms with Gasteiger partial charge in [-0.2, -0.15) is 0 Å². The second-order valence-electron chi connectivity index (χ2n) is 2.88. The van der Waals surface area contributed by atoms with E-state index in [1.54, 1.807) is 24.3 Å². The van der Waals surface area contributed by atoms with E-state index >= 15 is 0 Å². The van der Waals surface area contributed by atoms with Crippen LogP contribution < -0.4 is 10.4 Å². The summed E-state index contributed by atoms with van der Waals surface area (Å²) in [5, 5.41) is 10.8. The number of phenols is 1. The standard InChI is InChI=1S/C9H10N2O2/c12-8-4-2-1-3-7(8)11-9(13)5-6-10-11/h1-4,10,12H,5-6H2. The third-order valence-corrected chi connectivity index (χ3v) is 1.98. The SMILES string of the molecule is O=C1CCNN1c1ccccc1O. The van der Waals surface area contributed by atoms with Crippen molar-refractivity contribution < 1.29 is 9.90 Å². The molecule has 0 bridgehead atoms. The minimum Gasteiger partial charge on any atom is -0.506 e. The molecule has 0 aromatic heterocycles. The number of hydrogen-bond donors (Lipinski definition) is 2. The van der Waals surface area contributed by atoms with Crippen LogP contribution in [0.15, 0.2) is 24.3 Å². The van der Waals surface area contributed by atoms with Gasteiger partial charge in [-0.1, -0.05) is 12.1 Å². The normalized spacial score (nSPS) is 16.6. The fourth-order valence-corrected chi connectivity index (χ4v) is 1.35. The molecule has 13 heavy (non-hydrogen) atoms. The lowest BCUT2D eigenvalue weighted by Crippen LogP contribution is -2.33. The highest BCUT2D eigenvalue weighted by molar-refractivity contribution is 5.95. The van der Waals surface area contributed by atoms with E-state index in [2.05, 4.69) is 5.43 Å². The molecular formula is C9H10N2O2. The minimum atomic E-state index is -0.0125. The summed E-state index contributed by atoms with van der Waals surface area (Å²) in [6, 6.07) is 6.76. The Morgan fingerprint density at radius 3 is 2.77 bits per heavy atom. The van der Waals surface area contributed by atoms with Gasteiger partial charge in [0.15, 0.2) is 0 Å². The lowest BCUT2D eigenvalue weighted by atomic mass is 10.3. The molecular weight excluding hydrogens is 168 g/mol. The molecule has 2 rings (SSSR count). The number of amides is 1. The molecule has 2 N–H and O–H groups in total. The topological polar surface area (TPSA) is 52.6 Å². The van der Waals surface area contributed by atoms with Crippen molar-refractivity contribution in [3.63, 3.8) is 0 Å². The molecule has 1 amide bonds. The monoisotopic (exact) mass is 178 g/mol. The molecule has 68 valence electrons. The largest absolute Gasteiger partial charge is 0.506 e. The van der Waals surface area contributed by atoms with Crippen LogP contribution in [0.25, 0.3) is 0 Å². The van der Waals surface area contributed by atoms with Crippen LogP contribution in [-0.4, -0.2) is 17.6 Å². The Morgan fingerprint density at radius 1 is 1.38 bits per heavy atom. The van der Waals surface area contributed by atoms with Crippen molar-refractivity contribution in [1.82, 2.24) is 5.43 Å². The van der Waals surface area contributed by atoms with Gasteiger partial charge in [-0.05, 0) is 12.1 Å². The van der Waals surface area contributed by atoms with E-state index in [9.17, 15) is 9.90 Å². The Labute approximate surface area is 75.8 Å². The number of para-hydroxylation sites is 2. The number of aromatic hydroxyl groups is 1. The number of phenolic OH excluding ortho intramolecular Hbond substituents is 1. The molecule has 0 saturated carbocycles. The highest BCUT2D eigenvalue weighted by Gasteiger charge is 2.23. The molecule has 1 heterocycles. The van der Waals surface area contributed by atoms with Crippen molar-refractivity contribution in [3.05, 3.63) is 24.3 Å². The molecule has 4 heteroatoms. The van der Waals surface area contributed by atoms with Gasteiger partial charge in [-0.25, -0.2) is 10.4 Å². The van der Waals surface area contributed by atoms with Gasteiger partial charge >= 0.3 is 0 Å². The molecule has 0 spiro atoms. The van der Waals surface area contributed by atoms with E-state index < -0.39 is 0 Å². The van der Waals surface area contributed by atoms with Crippen molar-refractivity contribution >= 4 is 11.6 Å². The molecule has 4 nitrogen and oxygen atoms in total. The summed E-state index contributed by atoms with van der Waals surface area (Å²) in [4.78, 5) is 11.3. The maximum atomic E-state index is 11.3. The van der Waals surface area contributed by atoms with Gasteiger partial charge in [0.1, 0.15) is 11.4 Å². The number of rotatable bonds is 1. The highest BCUT2D eigenvalue weighted by Crippen LogP contribution is 2.26. The number of hydrazine groups is 1. The number of anilines is 1. The van der Waals surface area contributed by atoms with Gasteiger partial charge in [-0.3, -0.25) is 4.79 Å². The molecule has 0 unspecified atom stereocenters. The number of nitrogens with one attached hydrogen (secondary N) is 1. The zero-order valence-electron chi connectivity index (χ0n) is 7.03. The van der Waals surface area contributed by atoms with Crippen LogP contribution in [0, 0.1) is 0 Å². The van der Waals surface area contributed by atoms with Crippen LogP contribution in [0.3, 0.4) is 0 Å². The summed E-state index contributed by atoms with van der Waals surface area (Å²) in [6.07, 6.45) is 0.480. The number of hydrogen-bond acceptors (Lipinski definition) is 3. The van der Waals surface area contributed by atoms with Gasteiger partial charge in [-0.15, -0.1) is 0 Å². The van der Waals surface area contributed by atoms with Gasteiger partial charge in [0.25, 0.3) is 0 Å². The molecule has 1 fully saturated rings. The summed E-state index contributed by atoms with van der Waals surface area (Å²) in [5.41, 5.74) is 3.41. The average molecular weight is 178 g/mol. The first kappa shape index (κ1) is 8.07. The first-order chi connectivity index (χ1) is 6.29. The fourth-order valence-electron chi connectivity index (χ4n) is 1.35. The molecule has 1 aliphatic heterocycles. The molecule has 1 aromatic rings. The Kier molecular flexibility index (Phi) is 1.90. The van der Waals surface area contributed by atoms with Crippen LogP contribution in [0.2, 0.25) is 0 Å². The first-order valence-corrected chi connectivity index (χ1v) is 4.13. The maximum Gasteiger partial charge on any atom is 0.242 e. The fraction of sp³-hybridized carbons (Fsp3) is 0.222. The summed E-state index contributed by atoms with van der Waals surface area (Å²) < 4.78 is 0. The van der Waals surface area contributed by atoms with Gasteiger partial charge < -0.3 is 5.11 Å². The number of carbonyl (C=O) groups excluding carboxylic acids is 1. The van der Waals surface area contributed by atoms with Crippen LogP contribution in [0.1, 0.15) is 6.42 Å². The molecule has 0 aliphatic carbocycles. The summed E-state index contributed by atoms with van der Waals surface area (Å²) in [5.74, 6) is 0.103. The third-order valence-electron chi connectivity index (χ3n) is 1.98. The second-order valence-corrected chi connectivity index (χ2v) is 2.88. The van der Waals surface area contributed by atoms with E-state index in [0.717, 1.165) is 0 Å². The van der Waals surface area contributed by atoms with Crippen molar-refractivity contribution in [3.8, 4) is 5.75 Å². The quantitative estimate of drug-likeness (QED) is 0.663. The Balaban J connectivity index is 2.34. The van der Waals surface area contributed by atoms with E-state index in [4.69, 9.17) is 0 Å². The number of carbonyl (C=O) groups is 1. The maximum absolute atomic E-state index is 11.3. The van der Waals surface area contributed by atoms with Gasteiger partial charge in [0.05, 0.1) is 0 Å². The van der Waals surface area contributed by atoms with Crippen molar-refractivity contribution in [1.29, 1.82) is 0 Å². The predicted molar refractivity (Wildman–Crippen MR) is 48.2 cm³/mol. The van der Waals surface area contributed by atoms with Crippen LogP contribution >= 0.6 is 0 Å². The lowest BCUT2D eigenvalue weighted by Gasteiger charge is -2.16. The minimum absolute atomic E-state index is 0.0125. The molecule has 1 saturated heterocycles. The average Bonchev–Trinajstić information content (AvgIpc) is 2.52. The molecule has 0 radical (unpaired) electrons. The van der Waals surface area contributed by atoms with Gasteiger partial charge in [0, 0.05) is 13.0 Å². The van der Waals surface area contributed by atoms with E-state index in [1.807, 2.05) is 0 Å². The number of benzene rings is 1. The van der Waals surface area contributed by atoms with E-state index in [0.29, 0.717) is 18.7 Å². The van der Waals surface area contributed by atoms with E-state index in [-0.39, 0.29) is 11.7 Å². The van der Waals surface area contributed by atoms with Crippen LogP contribution in [-0.2, 0) is 4.79 Å². The van der Waals surface area contributed by atoms with E-state index in [1.165, 1.54) is 5.01 Å². The lowest BCUT2D eigenvalue weighted by molar-refractivity contribution is -0.117. The molecule has 1 aliphatic rings. The number of nitrogens with zero attached hydrogens (tertiary/aromatic N) is 1. The zero-order chi connectivity index (χ0) is 9.26. The molecule has 0 atom stereocenters. The van der Waals surface area contributed by atoms with Crippen LogP contribution in [0.5, 0.6) is 5.75 Å². The Bertz CT molecular complexity index is 338. The highest BCUT2D eigenvalue weighted by atomic mass is 16.3. The van der Waals surface area contributed by atoms with Crippen molar-refractivity contribution in [2.24, 2.45) is 0 Å². The Morgan fingerprint density at radius 2 is 2.15 bits per heavy atom. The predicted octanol–water partition coefficient (Wildman–Crippen LogP) is 0.633. The third kappa shape index (κ3) is 1.36. The van der Waals surface area contributed by atoms with Gasteiger partial charge in [0.2, 0.25) is 5.91 Å². The van der Waals surface area contributed by atoms with Crippen molar-refractivity contribution in [2.45, 2.75) is 6.42 Å².